The molecule has 0 saturated heterocycles. The molecule has 2 aromatic rings. The Labute approximate surface area is 99.5 Å². The Balaban J connectivity index is 2.20. The molecule has 1 N–H and O–H groups in total. The summed E-state index contributed by atoms with van der Waals surface area (Å²) in [6.45, 7) is 4.48. The molecule has 0 fully saturated rings. The topological polar surface area (TPSA) is 59.8 Å². The lowest BCUT2D eigenvalue weighted by molar-refractivity contribution is 0.101. The summed E-state index contributed by atoms with van der Waals surface area (Å²) < 4.78 is 1.67. The van der Waals surface area contributed by atoms with Crippen molar-refractivity contribution in [3.8, 4) is 0 Å². The normalized spacial score (nSPS) is 10.2. The van der Waals surface area contributed by atoms with Gasteiger partial charge in [-0.2, -0.15) is 5.10 Å². The van der Waals surface area contributed by atoms with Crippen LogP contribution in [0, 0.1) is 6.92 Å². The number of aromatic nitrogens is 3. The highest BCUT2D eigenvalue weighted by Gasteiger charge is 2.13. The van der Waals surface area contributed by atoms with E-state index in [1.54, 1.807) is 29.1 Å². The first-order chi connectivity index (χ1) is 8.20. The van der Waals surface area contributed by atoms with E-state index in [-0.39, 0.29) is 5.91 Å². The van der Waals surface area contributed by atoms with E-state index in [2.05, 4.69) is 15.4 Å². The maximum absolute atomic E-state index is 12.0. The second-order valence-electron chi connectivity index (χ2n) is 3.66. The first kappa shape index (κ1) is 11.3. The van der Waals surface area contributed by atoms with Crippen molar-refractivity contribution in [1.82, 2.24) is 14.8 Å². The fraction of sp³-hybridized carbons (Fsp3) is 0.250. The van der Waals surface area contributed by atoms with Crippen LogP contribution < -0.4 is 5.32 Å². The third-order valence-electron chi connectivity index (χ3n) is 2.34. The van der Waals surface area contributed by atoms with Gasteiger partial charge in [0, 0.05) is 12.7 Å². The van der Waals surface area contributed by atoms with Crippen LogP contribution in [0.5, 0.6) is 0 Å². The molecular weight excluding hydrogens is 216 g/mol. The first-order valence-corrected chi connectivity index (χ1v) is 5.47. The summed E-state index contributed by atoms with van der Waals surface area (Å²) in [5.74, 6) is 0.352. The molecule has 2 aromatic heterocycles. The highest BCUT2D eigenvalue weighted by molar-refractivity contribution is 6.02. The number of carbonyl (C=O) groups is 1. The van der Waals surface area contributed by atoms with Crippen LogP contribution in [0.3, 0.4) is 0 Å². The molecule has 2 rings (SSSR count). The molecular formula is C12H14N4O. The van der Waals surface area contributed by atoms with E-state index in [1.807, 2.05) is 19.9 Å². The number of nitrogens with zero attached hydrogens (tertiary/aromatic N) is 3. The maximum atomic E-state index is 12.0. The number of nitrogens with one attached hydrogen (secondary N) is 1. The zero-order chi connectivity index (χ0) is 12.3. The van der Waals surface area contributed by atoms with Gasteiger partial charge >= 0.3 is 0 Å². The van der Waals surface area contributed by atoms with Crippen molar-refractivity contribution in [2.24, 2.45) is 0 Å². The summed E-state index contributed by atoms with van der Waals surface area (Å²) >= 11 is 0. The molecule has 5 nitrogen and oxygen atoms in total. The Kier molecular flexibility index (Phi) is 3.18. The van der Waals surface area contributed by atoms with E-state index in [0.29, 0.717) is 18.1 Å². The molecule has 2 heterocycles. The molecule has 0 bridgehead atoms. The summed E-state index contributed by atoms with van der Waals surface area (Å²) in [7, 11) is 0. The summed E-state index contributed by atoms with van der Waals surface area (Å²) in [5.41, 5.74) is 1.38. The van der Waals surface area contributed by atoms with Crippen molar-refractivity contribution in [3.05, 3.63) is 41.9 Å². The Morgan fingerprint density at radius 1 is 1.47 bits per heavy atom. The van der Waals surface area contributed by atoms with E-state index >= 15 is 0 Å². The van der Waals surface area contributed by atoms with Gasteiger partial charge in [0.1, 0.15) is 11.5 Å². The minimum absolute atomic E-state index is 0.189. The van der Waals surface area contributed by atoms with Gasteiger partial charge in [-0.25, -0.2) is 4.98 Å². The SMILES string of the molecule is CCn1nc(C)cc1C(=O)Nc1ccccn1. The van der Waals surface area contributed by atoms with Crippen molar-refractivity contribution in [2.45, 2.75) is 20.4 Å². The van der Waals surface area contributed by atoms with Crippen LogP contribution in [0.15, 0.2) is 30.5 Å². The van der Waals surface area contributed by atoms with Crippen molar-refractivity contribution >= 4 is 11.7 Å². The highest BCUT2D eigenvalue weighted by Crippen LogP contribution is 2.07. The largest absolute Gasteiger partial charge is 0.305 e. The third-order valence-corrected chi connectivity index (χ3v) is 2.34. The molecule has 0 unspecified atom stereocenters. The lowest BCUT2D eigenvalue weighted by Gasteiger charge is -2.05. The molecule has 0 saturated carbocycles. The fourth-order valence-electron chi connectivity index (χ4n) is 1.59. The van der Waals surface area contributed by atoms with Gasteiger partial charge in [-0.1, -0.05) is 6.07 Å². The van der Waals surface area contributed by atoms with Gasteiger partial charge in [0.2, 0.25) is 0 Å². The Morgan fingerprint density at radius 3 is 2.94 bits per heavy atom. The average molecular weight is 230 g/mol. The first-order valence-electron chi connectivity index (χ1n) is 5.47. The minimum Gasteiger partial charge on any atom is -0.305 e. The molecule has 1 amide bonds. The number of aryl methyl sites for hydroxylation is 2. The van der Waals surface area contributed by atoms with Crippen LogP contribution in [0.2, 0.25) is 0 Å². The van der Waals surface area contributed by atoms with Crippen molar-refractivity contribution in [1.29, 1.82) is 0 Å². The van der Waals surface area contributed by atoms with Gasteiger partial charge in [0.25, 0.3) is 5.91 Å². The van der Waals surface area contributed by atoms with Gasteiger partial charge < -0.3 is 5.32 Å². The molecule has 17 heavy (non-hydrogen) atoms. The molecule has 0 atom stereocenters. The monoisotopic (exact) mass is 230 g/mol. The molecule has 88 valence electrons. The third kappa shape index (κ3) is 2.50. The smallest absolute Gasteiger partial charge is 0.275 e. The van der Waals surface area contributed by atoms with Gasteiger partial charge in [-0.15, -0.1) is 0 Å². The van der Waals surface area contributed by atoms with Gasteiger partial charge in [-0.05, 0) is 32.0 Å². The van der Waals surface area contributed by atoms with Gasteiger partial charge in [0.15, 0.2) is 0 Å². The van der Waals surface area contributed by atoms with Crippen molar-refractivity contribution in [3.63, 3.8) is 0 Å². The van der Waals surface area contributed by atoms with E-state index in [9.17, 15) is 4.79 Å². The van der Waals surface area contributed by atoms with Crippen LogP contribution >= 0.6 is 0 Å². The van der Waals surface area contributed by atoms with E-state index in [0.717, 1.165) is 5.69 Å². The number of hydrogen-bond acceptors (Lipinski definition) is 3. The number of anilines is 1. The molecule has 0 radical (unpaired) electrons. The number of hydrogen-bond donors (Lipinski definition) is 1. The van der Waals surface area contributed by atoms with Crippen LogP contribution in [0.1, 0.15) is 23.1 Å². The molecule has 5 heteroatoms. The highest BCUT2D eigenvalue weighted by atomic mass is 16.2. The second kappa shape index (κ2) is 4.78. The lowest BCUT2D eigenvalue weighted by atomic mass is 10.3. The van der Waals surface area contributed by atoms with E-state index in [4.69, 9.17) is 0 Å². The van der Waals surface area contributed by atoms with E-state index < -0.39 is 0 Å². The van der Waals surface area contributed by atoms with Gasteiger partial charge in [0.05, 0.1) is 5.69 Å². The predicted molar refractivity (Wildman–Crippen MR) is 64.8 cm³/mol. The van der Waals surface area contributed by atoms with Crippen molar-refractivity contribution in [2.75, 3.05) is 5.32 Å². The Hall–Kier alpha value is -2.17. The summed E-state index contributed by atoms with van der Waals surface area (Å²) in [4.78, 5) is 16.0. The zero-order valence-electron chi connectivity index (χ0n) is 9.84. The molecule has 0 aliphatic heterocycles. The van der Waals surface area contributed by atoms with Crippen LogP contribution in [0.25, 0.3) is 0 Å². The van der Waals surface area contributed by atoms with Crippen molar-refractivity contribution < 1.29 is 4.79 Å². The average Bonchev–Trinajstić information content (AvgIpc) is 2.72. The van der Waals surface area contributed by atoms with Crippen LogP contribution in [-0.2, 0) is 6.54 Å². The quantitative estimate of drug-likeness (QED) is 0.875. The fourth-order valence-corrected chi connectivity index (χ4v) is 1.59. The number of pyridine rings is 1. The number of amides is 1. The standard InChI is InChI=1S/C12H14N4O/c1-3-16-10(8-9(2)15-16)12(17)14-11-6-4-5-7-13-11/h4-8H,3H2,1-2H3,(H,13,14,17). The maximum Gasteiger partial charge on any atom is 0.275 e. The molecule has 0 aromatic carbocycles. The summed E-state index contributed by atoms with van der Waals surface area (Å²) in [6.07, 6.45) is 1.64. The van der Waals surface area contributed by atoms with Crippen LogP contribution in [0.4, 0.5) is 5.82 Å². The predicted octanol–water partition coefficient (Wildman–Crippen LogP) is 1.86. The van der Waals surface area contributed by atoms with E-state index in [1.165, 1.54) is 0 Å². The second-order valence-corrected chi connectivity index (χ2v) is 3.66. The van der Waals surface area contributed by atoms with Gasteiger partial charge in [-0.3, -0.25) is 9.48 Å². The lowest BCUT2D eigenvalue weighted by Crippen LogP contribution is -2.17. The Bertz CT molecular complexity index is 519. The molecule has 0 aliphatic rings. The molecule has 0 spiro atoms. The summed E-state index contributed by atoms with van der Waals surface area (Å²) in [6, 6.07) is 7.14. The Morgan fingerprint density at radius 2 is 2.29 bits per heavy atom. The molecule has 0 aliphatic carbocycles. The minimum atomic E-state index is -0.189. The number of carbonyl (C=O) groups excluding carboxylic acids is 1. The number of rotatable bonds is 3. The zero-order valence-corrected chi connectivity index (χ0v) is 9.84. The summed E-state index contributed by atoms with van der Waals surface area (Å²) in [5, 5.41) is 6.96. The van der Waals surface area contributed by atoms with Crippen LogP contribution in [-0.4, -0.2) is 20.7 Å².